The smallest absolute Gasteiger partial charge is 0.243 e. The first-order chi connectivity index (χ1) is 6.66. The summed E-state index contributed by atoms with van der Waals surface area (Å²) in [5, 5.41) is 5.81. The fourth-order valence-corrected chi connectivity index (χ4v) is 2.30. The molecule has 2 N–H and O–H groups in total. The minimum Gasteiger partial charge on any atom is -0.337 e. The Labute approximate surface area is 93.3 Å². The number of rotatable bonds is 2. The molecule has 0 bridgehead atoms. The first-order valence-electron chi connectivity index (χ1n) is 4.00. The van der Waals surface area contributed by atoms with Gasteiger partial charge in [-0.2, -0.15) is 4.98 Å². The molecule has 0 aliphatic heterocycles. The molecule has 2 rings (SSSR count). The van der Waals surface area contributed by atoms with Crippen LogP contribution < -0.4 is 5.73 Å². The maximum Gasteiger partial charge on any atom is 0.243 e. The molecule has 0 saturated heterocycles. The quantitative estimate of drug-likeness (QED) is 0.914. The SMILES string of the molecule is C[C@@H](N)c1nc(-c2cc(Br)cs2)no1. The maximum atomic E-state index is 5.61. The van der Waals surface area contributed by atoms with Crippen molar-refractivity contribution in [1.82, 2.24) is 10.1 Å². The predicted molar refractivity (Wildman–Crippen MR) is 57.9 cm³/mol. The highest BCUT2D eigenvalue weighted by atomic mass is 79.9. The van der Waals surface area contributed by atoms with Crippen molar-refractivity contribution in [3.8, 4) is 10.7 Å². The van der Waals surface area contributed by atoms with Crippen LogP contribution in [0.15, 0.2) is 20.4 Å². The molecule has 2 heterocycles. The lowest BCUT2D eigenvalue weighted by Gasteiger charge is -1.92. The van der Waals surface area contributed by atoms with Crippen LogP contribution in [0.2, 0.25) is 0 Å². The summed E-state index contributed by atoms with van der Waals surface area (Å²) >= 11 is 4.92. The summed E-state index contributed by atoms with van der Waals surface area (Å²) in [6, 6.07) is 1.72. The standard InChI is InChI=1S/C8H8BrN3OS/c1-4(10)8-11-7(12-13-8)6-2-5(9)3-14-6/h2-4H,10H2,1H3/t4-/m1/s1. The Kier molecular flexibility index (Phi) is 2.66. The van der Waals surface area contributed by atoms with Crippen molar-refractivity contribution in [2.45, 2.75) is 13.0 Å². The number of hydrogen-bond acceptors (Lipinski definition) is 5. The van der Waals surface area contributed by atoms with Gasteiger partial charge in [-0.1, -0.05) is 5.16 Å². The molecule has 0 amide bonds. The minimum atomic E-state index is -0.223. The molecule has 2 aromatic rings. The molecule has 74 valence electrons. The Morgan fingerprint density at radius 2 is 2.43 bits per heavy atom. The zero-order valence-corrected chi connectivity index (χ0v) is 9.80. The average molecular weight is 274 g/mol. The summed E-state index contributed by atoms with van der Waals surface area (Å²) < 4.78 is 6.01. The van der Waals surface area contributed by atoms with Crippen molar-refractivity contribution in [3.63, 3.8) is 0 Å². The summed E-state index contributed by atoms with van der Waals surface area (Å²) in [4.78, 5) is 5.15. The molecule has 0 aromatic carbocycles. The first kappa shape index (κ1) is 9.82. The van der Waals surface area contributed by atoms with E-state index in [0.29, 0.717) is 11.7 Å². The van der Waals surface area contributed by atoms with Gasteiger partial charge in [0.15, 0.2) is 0 Å². The van der Waals surface area contributed by atoms with Crippen LogP contribution in [0.25, 0.3) is 10.7 Å². The summed E-state index contributed by atoms with van der Waals surface area (Å²) in [5.41, 5.74) is 5.61. The highest BCUT2D eigenvalue weighted by molar-refractivity contribution is 9.10. The second kappa shape index (κ2) is 3.80. The Bertz CT molecular complexity index is 437. The Morgan fingerprint density at radius 3 is 2.93 bits per heavy atom. The van der Waals surface area contributed by atoms with E-state index in [1.54, 1.807) is 11.3 Å². The van der Waals surface area contributed by atoms with Crippen LogP contribution in [0.1, 0.15) is 18.9 Å². The van der Waals surface area contributed by atoms with Gasteiger partial charge in [0.05, 0.1) is 10.9 Å². The van der Waals surface area contributed by atoms with Gasteiger partial charge >= 0.3 is 0 Å². The monoisotopic (exact) mass is 273 g/mol. The molecule has 2 aromatic heterocycles. The van der Waals surface area contributed by atoms with Crippen LogP contribution in [0.4, 0.5) is 0 Å². The predicted octanol–water partition coefficient (Wildman–Crippen LogP) is 2.58. The van der Waals surface area contributed by atoms with Gasteiger partial charge in [-0.15, -0.1) is 11.3 Å². The van der Waals surface area contributed by atoms with Gasteiger partial charge < -0.3 is 10.3 Å². The summed E-state index contributed by atoms with van der Waals surface area (Å²) in [6.07, 6.45) is 0. The third kappa shape index (κ3) is 1.87. The number of nitrogens with two attached hydrogens (primary N) is 1. The van der Waals surface area contributed by atoms with Crippen molar-refractivity contribution < 1.29 is 4.52 Å². The maximum absolute atomic E-state index is 5.61. The molecule has 0 saturated carbocycles. The molecule has 0 radical (unpaired) electrons. The molecular formula is C8H8BrN3OS. The zero-order chi connectivity index (χ0) is 10.1. The average Bonchev–Trinajstić information content (AvgIpc) is 2.70. The van der Waals surface area contributed by atoms with Crippen molar-refractivity contribution in [2.24, 2.45) is 5.73 Å². The second-order valence-corrected chi connectivity index (χ2v) is 4.70. The fourth-order valence-electron chi connectivity index (χ4n) is 0.951. The van der Waals surface area contributed by atoms with E-state index in [1.807, 2.05) is 18.4 Å². The van der Waals surface area contributed by atoms with Crippen molar-refractivity contribution >= 4 is 27.3 Å². The largest absolute Gasteiger partial charge is 0.337 e. The Morgan fingerprint density at radius 1 is 1.64 bits per heavy atom. The van der Waals surface area contributed by atoms with Crippen LogP contribution in [0, 0.1) is 0 Å². The van der Waals surface area contributed by atoms with E-state index in [9.17, 15) is 0 Å². The Balaban J connectivity index is 2.33. The van der Waals surface area contributed by atoms with Gasteiger partial charge in [0.2, 0.25) is 11.7 Å². The number of nitrogens with zero attached hydrogens (tertiary/aromatic N) is 2. The molecule has 6 heteroatoms. The third-order valence-corrected chi connectivity index (χ3v) is 3.31. The van der Waals surface area contributed by atoms with E-state index in [-0.39, 0.29) is 6.04 Å². The van der Waals surface area contributed by atoms with Gasteiger partial charge in [-0.3, -0.25) is 0 Å². The van der Waals surface area contributed by atoms with E-state index in [0.717, 1.165) is 9.35 Å². The van der Waals surface area contributed by atoms with Crippen molar-refractivity contribution in [3.05, 3.63) is 21.8 Å². The summed E-state index contributed by atoms with van der Waals surface area (Å²) in [5.74, 6) is 1.05. The van der Waals surface area contributed by atoms with Crippen LogP contribution >= 0.6 is 27.3 Å². The number of halogens is 1. The van der Waals surface area contributed by atoms with Gasteiger partial charge in [-0.25, -0.2) is 0 Å². The van der Waals surface area contributed by atoms with Crippen LogP contribution in [-0.4, -0.2) is 10.1 Å². The van der Waals surface area contributed by atoms with Crippen molar-refractivity contribution in [1.29, 1.82) is 0 Å². The Hall–Kier alpha value is -0.720. The molecule has 1 atom stereocenters. The lowest BCUT2D eigenvalue weighted by molar-refractivity contribution is 0.362. The highest BCUT2D eigenvalue weighted by Crippen LogP contribution is 2.28. The lowest BCUT2D eigenvalue weighted by atomic mass is 10.4. The molecule has 0 spiro atoms. The number of thiophene rings is 1. The lowest BCUT2D eigenvalue weighted by Crippen LogP contribution is -2.04. The van der Waals surface area contributed by atoms with Gasteiger partial charge in [0.25, 0.3) is 0 Å². The van der Waals surface area contributed by atoms with E-state index in [2.05, 4.69) is 26.1 Å². The number of hydrogen-bond donors (Lipinski definition) is 1. The molecule has 0 unspecified atom stereocenters. The van der Waals surface area contributed by atoms with Crippen LogP contribution in [-0.2, 0) is 0 Å². The third-order valence-electron chi connectivity index (χ3n) is 1.62. The van der Waals surface area contributed by atoms with Crippen LogP contribution in [0.5, 0.6) is 0 Å². The van der Waals surface area contributed by atoms with E-state index < -0.39 is 0 Å². The first-order valence-corrected chi connectivity index (χ1v) is 5.67. The summed E-state index contributed by atoms with van der Waals surface area (Å²) in [6.45, 7) is 1.81. The van der Waals surface area contributed by atoms with E-state index in [4.69, 9.17) is 10.3 Å². The zero-order valence-electron chi connectivity index (χ0n) is 7.40. The molecule has 0 fully saturated rings. The molecule has 0 aliphatic rings. The van der Waals surface area contributed by atoms with Gasteiger partial charge in [0.1, 0.15) is 0 Å². The van der Waals surface area contributed by atoms with Gasteiger partial charge in [0, 0.05) is 9.85 Å². The summed E-state index contributed by atoms with van der Waals surface area (Å²) in [7, 11) is 0. The molecular weight excluding hydrogens is 266 g/mol. The topological polar surface area (TPSA) is 64.9 Å². The molecule has 4 nitrogen and oxygen atoms in total. The minimum absolute atomic E-state index is 0.223. The fraction of sp³-hybridized carbons (Fsp3) is 0.250. The van der Waals surface area contributed by atoms with Crippen molar-refractivity contribution in [2.75, 3.05) is 0 Å². The van der Waals surface area contributed by atoms with E-state index >= 15 is 0 Å². The van der Waals surface area contributed by atoms with Gasteiger partial charge in [-0.05, 0) is 28.9 Å². The normalized spacial score (nSPS) is 13.1. The number of aromatic nitrogens is 2. The molecule has 14 heavy (non-hydrogen) atoms. The van der Waals surface area contributed by atoms with E-state index in [1.165, 1.54) is 0 Å². The van der Waals surface area contributed by atoms with Crippen LogP contribution in [0.3, 0.4) is 0 Å². The second-order valence-electron chi connectivity index (χ2n) is 2.87. The highest BCUT2D eigenvalue weighted by Gasteiger charge is 2.12. The molecule has 0 aliphatic carbocycles.